The molecule has 17 heavy (non-hydrogen) atoms. The molecule has 1 aliphatic heterocycles. The van der Waals surface area contributed by atoms with Crippen molar-refractivity contribution in [3.63, 3.8) is 0 Å². The zero-order valence-corrected chi connectivity index (χ0v) is 11.5. The van der Waals surface area contributed by atoms with Gasteiger partial charge in [-0.15, -0.1) is 0 Å². The van der Waals surface area contributed by atoms with Gasteiger partial charge in [-0.25, -0.2) is 0 Å². The van der Waals surface area contributed by atoms with Gasteiger partial charge in [-0.3, -0.25) is 0 Å². The molecule has 94 valence electrons. The van der Waals surface area contributed by atoms with Crippen LogP contribution in [0.2, 0.25) is 15.1 Å². The minimum absolute atomic E-state index is 0.0683. The van der Waals surface area contributed by atoms with E-state index < -0.39 is 0 Å². The lowest BCUT2D eigenvalue weighted by atomic mass is 10.0. The van der Waals surface area contributed by atoms with E-state index in [1.807, 2.05) is 0 Å². The Bertz CT molecular complexity index is 426. The molecule has 1 atom stereocenters. The molecule has 0 saturated heterocycles. The molecule has 3 nitrogen and oxygen atoms in total. The van der Waals surface area contributed by atoms with Crippen molar-refractivity contribution in [1.82, 2.24) is 5.48 Å². The molecule has 1 aromatic carbocycles. The molecule has 0 spiro atoms. The van der Waals surface area contributed by atoms with Gasteiger partial charge in [0.1, 0.15) is 5.75 Å². The largest absolute Gasteiger partial charge is 0.492 e. The van der Waals surface area contributed by atoms with Crippen LogP contribution in [0.1, 0.15) is 24.4 Å². The fourth-order valence-corrected chi connectivity index (χ4v) is 2.73. The predicted octanol–water partition coefficient (Wildman–Crippen LogP) is 4.01. The summed E-state index contributed by atoms with van der Waals surface area (Å²) in [7, 11) is 1.56. The summed E-state index contributed by atoms with van der Waals surface area (Å²) in [6, 6.07) is 1.53. The number of nitrogens with one attached hydrogen (secondary N) is 1. The Labute approximate surface area is 115 Å². The SMILES string of the molecule is CONC1CCCOc2c(Cl)cc(Cl)c(Cl)c21. The zero-order chi connectivity index (χ0) is 12.4. The predicted molar refractivity (Wildman–Crippen MR) is 69.1 cm³/mol. The maximum Gasteiger partial charge on any atom is 0.144 e. The summed E-state index contributed by atoms with van der Waals surface area (Å²) < 4.78 is 5.62. The minimum atomic E-state index is -0.0683. The van der Waals surface area contributed by atoms with Crippen molar-refractivity contribution in [1.29, 1.82) is 0 Å². The number of hydrogen-bond donors (Lipinski definition) is 1. The Morgan fingerprint density at radius 1 is 1.35 bits per heavy atom. The van der Waals surface area contributed by atoms with E-state index in [1.165, 1.54) is 0 Å². The molecule has 1 aromatic rings. The van der Waals surface area contributed by atoms with Gasteiger partial charge in [0.05, 0.1) is 34.8 Å². The Balaban J connectivity index is 2.54. The highest BCUT2D eigenvalue weighted by molar-refractivity contribution is 6.44. The summed E-state index contributed by atoms with van der Waals surface area (Å²) in [6.07, 6.45) is 1.73. The standard InChI is InChI=1S/C11H12Cl3NO2/c1-16-15-8-3-2-4-17-11-7(13)5-6(12)10(14)9(8)11/h5,8,15H,2-4H2,1H3. The van der Waals surface area contributed by atoms with E-state index in [2.05, 4.69) is 5.48 Å². The van der Waals surface area contributed by atoms with E-state index in [-0.39, 0.29) is 6.04 Å². The van der Waals surface area contributed by atoms with Gasteiger partial charge < -0.3 is 9.57 Å². The maximum absolute atomic E-state index is 6.22. The van der Waals surface area contributed by atoms with Gasteiger partial charge in [0.2, 0.25) is 0 Å². The summed E-state index contributed by atoms with van der Waals surface area (Å²) in [5, 5.41) is 1.35. The van der Waals surface area contributed by atoms with Crippen LogP contribution in [0.5, 0.6) is 5.75 Å². The third kappa shape index (κ3) is 2.64. The molecule has 1 heterocycles. The molecule has 0 aromatic heterocycles. The van der Waals surface area contributed by atoms with E-state index >= 15 is 0 Å². The van der Waals surface area contributed by atoms with Crippen LogP contribution in [-0.4, -0.2) is 13.7 Å². The van der Waals surface area contributed by atoms with Crippen molar-refractivity contribution >= 4 is 34.8 Å². The van der Waals surface area contributed by atoms with Crippen molar-refractivity contribution < 1.29 is 9.57 Å². The van der Waals surface area contributed by atoms with Crippen LogP contribution in [0.4, 0.5) is 0 Å². The number of hydroxylamine groups is 1. The second-order valence-corrected chi connectivity index (χ2v) is 4.95. The minimum Gasteiger partial charge on any atom is -0.492 e. The normalized spacial score (nSPS) is 19.4. The Kier molecular flexibility index (Phi) is 4.39. The third-order valence-corrected chi connectivity index (χ3v) is 3.74. The van der Waals surface area contributed by atoms with Crippen LogP contribution in [0.3, 0.4) is 0 Å². The topological polar surface area (TPSA) is 30.5 Å². The van der Waals surface area contributed by atoms with Crippen molar-refractivity contribution in [2.24, 2.45) is 0 Å². The fourth-order valence-electron chi connectivity index (χ4n) is 1.92. The van der Waals surface area contributed by atoms with Gasteiger partial charge >= 0.3 is 0 Å². The lowest BCUT2D eigenvalue weighted by molar-refractivity contribution is 0.0580. The molecule has 1 unspecified atom stereocenters. The molecule has 0 radical (unpaired) electrons. The third-order valence-electron chi connectivity index (χ3n) is 2.65. The number of rotatable bonds is 2. The van der Waals surface area contributed by atoms with Crippen molar-refractivity contribution in [3.8, 4) is 5.75 Å². The van der Waals surface area contributed by atoms with Crippen LogP contribution in [0.25, 0.3) is 0 Å². The van der Waals surface area contributed by atoms with Gasteiger partial charge in [0.25, 0.3) is 0 Å². The van der Waals surface area contributed by atoms with E-state index in [4.69, 9.17) is 44.4 Å². The second-order valence-electron chi connectivity index (χ2n) is 3.76. The average molecular weight is 297 g/mol. The summed E-state index contributed by atoms with van der Waals surface area (Å²) in [6.45, 7) is 0.604. The first-order valence-electron chi connectivity index (χ1n) is 5.24. The first-order chi connectivity index (χ1) is 8.15. The lowest BCUT2D eigenvalue weighted by Crippen LogP contribution is -2.20. The van der Waals surface area contributed by atoms with Gasteiger partial charge in [-0.1, -0.05) is 34.8 Å². The molecular weight excluding hydrogens is 284 g/mol. The number of fused-ring (bicyclic) bond motifs is 1. The van der Waals surface area contributed by atoms with E-state index in [0.29, 0.717) is 27.4 Å². The van der Waals surface area contributed by atoms with E-state index in [1.54, 1.807) is 13.2 Å². The summed E-state index contributed by atoms with van der Waals surface area (Å²) >= 11 is 18.4. The number of halogens is 3. The molecule has 0 fully saturated rings. The summed E-state index contributed by atoms with van der Waals surface area (Å²) in [5.41, 5.74) is 3.66. The highest BCUT2D eigenvalue weighted by atomic mass is 35.5. The summed E-state index contributed by atoms with van der Waals surface area (Å²) in [4.78, 5) is 4.98. The highest BCUT2D eigenvalue weighted by Gasteiger charge is 2.26. The molecule has 0 amide bonds. The quantitative estimate of drug-likeness (QED) is 0.660. The number of ether oxygens (including phenoxy) is 1. The Morgan fingerprint density at radius 3 is 2.82 bits per heavy atom. The first-order valence-corrected chi connectivity index (χ1v) is 6.37. The molecular formula is C11H12Cl3NO2. The molecule has 2 rings (SSSR count). The van der Waals surface area contributed by atoms with Crippen molar-refractivity contribution in [2.75, 3.05) is 13.7 Å². The second kappa shape index (κ2) is 5.63. The fraction of sp³-hybridized carbons (Fsp3) is 0.455. The van der Waals surface area contributed by atoms with Crippen LogP contribution < -0.4 is 10.2 Å². The Morgan fingerprint density at radius 2 is 2.12 bits per heavy atom. The average Bonchev–Trinajstić information content (AvgIpc) is 2.50. The number of benzene rings is 1. The van der Waals surface area contributed by atoms with Crippen molar-refractivity contribution in [3.05, 3.63) is 26.7 Å². The van der Waals surface area contributed by atoms with E-state index in [9.17, 15) is 0 Å². The molecule has 0 bridgehead atoms. The lowest BCUT2D eigenvalue weighted by Gasteiger charge is -2.19. The molecule has 1 N–H and O–H groups in total. The molecule has 6 heteroatoms. The van der Waals surface area contributed by atoms with Crippen LogP contribution in [0.15, 0.2) is 6.07 Å². The van der Waals surface area contributed by atoms with Gasteiger partial charge in [0, 0.05) is 5.56 Å². The van der Waals surface area contributed by atoms with E-state index in [0.717, 1.165) is 18.4 Å². The van der Waals surface area contributed by atoms with Crippen molar-refractivity contribution in [2.45, 2.75) is 18.9 Å². The zero-order valence-electron chi connectivity index (χ0n) is 9.23. The van der Waals surface area contributed by atoms with Crippen LogP contribution in [0, 0.1) is 0 Å². The summed E-state index contributed by atoms with van der Waals surface area (Å²) in [5.74, 6) is 0.591. The smallest absolute Gasteiger partial charge is 0.144 e. The molecule has 1 aliphatic rings. The van der Waals surface area contributed by atoms with Crippen LogP contribution >= 0.6 is 34.8 Å². The highest BCUT2D eigenvalue weighted by Crippen LogP contribution is 2.44. The van der Waals surface area contributed by atoms with Gasteiger partial charge in [0.15, 0.2) is 0 Å². The monoisotopic (exact) mass is 295 g/mol. The Hall–Kier alpha value is -0.190. The molecule has 0 aliphatic carbocycles. The maximum atomic E-state index is 6.22. The number of hydrogen-bond acceptors (Lipinski definition) is 3. The van der Waals surface area contributed by atoms with Gasteiger partial charge in [-0.2, -0.15) is 5.48 Å². The van der Waals surface area contributed by atoms with Crippen LogP contribution in [-0.2, 0) is 4.84 Å². The first kappa shape index (κ1) is 13.2. The van der Waals surface area contributed by atoms with Gasteiger partial charge in [-0.05, 0) is 18.9 Å². The molecule has 0 saturated carbocycles.